The lowest BCUT2D eigenvalue weighted by atomic mass is 9.83. The molecule has 0 fully saturated rings. The molecule has 1 atom stereocenters. The standard InChI is InChI=1S/C10H17NO2/c1-10(2,3)8-6-7(9(12)13)4-5-11-8/h6,8,11H,4-5H2,1-3H3,(H,12,13). The van der Waals surface area contributed by atoms with Gasteiger partial charge in [-0.05, 0) is 11.8 Å². The van der Waals surface area contributed by atoms with Crippen LogP contribution in [0.1, 0.15) is 27.2 Å². The predicted molar refractivity (Wildman–Crippen MR) is 51.6 cm³/mol. The van der Waals surface area contributed by atoms with Crippen LogP contribution in [0.4, 0.5) is 0 Å². The number of carbonyl (C=O) groups is 1. The highest BCUT2D eigenvalue weighted by molar-refractivity contribution is 5.86. The van der Waals surface area contributed by atoms with E-state index in [1.165, 1.54) is 0 Å². The van der Waals surface area contributed by atoms with E-state index in [9.17, 15) is 4.79 Å². The smallest absolute Gasteiger partial charge is 0.331 e. The van der Waals surface area contributed by atoms with Gasteiger partial charge < -0.3 is 10.4 Å². The summed E-state index contributed by atoms with van der Waals surface area (Å²) in [7, 11) is 0. The van der Waals surface area contributed by atoms with Crippen molar-refractivity contribution in [1.82, 2.24) is 5.32 Å². The first-order valence-electron chi connectivity index (χ1n) is 4.58. The molecule has 1 unspecified atom stereocenters. The SMILES string of the molecule is CC(C)(C)C1C=C(C(=O)O)CCN1. The van der Waals surface area contributed by atoms with Crippen molar-refractivity contribution in [2.75, 3.05) is 6.54 Å². The minimum Gasteiger partial charge on any atom is -0.478 e. The summed E-state index contributed by atoms with van der Waals surface area (Å²) in [4.78, 5) is 10.7. The molecular weight excluding hydrogens is 166 g/mol. The fourth-order valence-corrected chi connectivity index (χ4v) is 1.44. The van der Waals surface area contributed by atoms with Gasteiger partial charge >= 0.3 is 5.97 Å². The molecule has 13 heavy (non-hydrogen) atoms. The van der Waals surface area contributed by atoms with E-state index in [1.807, 2.05) is 6.08 Å². The molecule has 0 saturated carbocycles. The van der Waals surface area contributed by atoms with Gasteiger partial charge in [-0.1, -0.05) is 26.8 Å². The Labute approximate surface area is 78.8 Å². The van der Waals surface area contributed by atoms with Crippen molar-refractivity contribution in [1.29, 1.82) is 0 Å². The van der Waals surface area contributed by atoms with E-state index in [0.717, 1.165) is 6.54 Å². The van der Waals surface area contributed by atoms with Crippen LogP contribution in [0.3, 0.4) is 0 Å². The average Bonchev–Trinajstić information content (AvgIpc) is 2.03. The third-order valence-corrected chi connectivity index (χ3v) is 2.33. The first kappa shape index (κ1) is 10.3. The number of aliphatic carboxylic acids is 1. The zero-order valence-corrected chi connectivity index (χ0v) is 8.42. The van der Waals surface area contributed by atoms with Gasteiger partial charge in [0.2, 0.25) is 0 Å². The maximum absolute atomic E-state index is 10.7. The average molecular weight is 183 g/mol. The van der Waals surface area contributed by atoms with Crippen LogP contribution >= 0.6 is 0 Å². The van der Waals surface area contributed by atoms with E-state index in [1.54, 1.807) is 0 Å². The van der Waals surface area contributed by atoms with Gasteiger partial charge in [0.1, 0.15) is 0 Å². The molecule has 2 N–H and O–H groups in total. The van der Waals surface area contributed by atoms with Gasteiger partial charge in [0.15, 0.2) is 0 Å². The Balaban J connectivity index is 2.80. The third-order valence-electron chi connectivity index (χ3n) is 2.33. The molecule has 0 radical (unpaired) electrons. The third kappa shape index (κ3) is 2.56. The van der Waals surface area contributed by atoms with E-state index in [4.69, 9.17) is 5.11 Å². The second kappa shape index (κ2) is 3.50. The molecule has 1 rings (SSSR count). The molecule has 3 heteroatoms. The Bertz CT molecular complexity index is 238. The van der Waals surface area contributed by atoms with Crippen LogP contribution in [0.5, 0.6) is 0 Å². The van der Waals surface area contributed by atoms with Crippen LogP contribution in [0.15, 0.2) is 11.6 Å². The molecule has 0 aromatic carbocycles. The van der Waals surface area contributed by atoms with Gasteiger partial charge in [-0.2, -0.15) is 0 Å². The zero-order chi connectivity index (χ0) is 10.1. The first-order valence-corrected chi connectivity index (χ1v) is 4.58. The van der Waals surface area contributed by atoms with Crippen LogP contribution < -0.4 is 5.32 Å². The van der Waals surface area contributed by atoms with Crippen molar-refractivity contribution in [3.8, 4) is 0 Å². The Morgan fingerprint density at radius 1 is 1.62 bits per heavy atom. The van der Waals surface area contributed by atoms with Gasteiger partial charge in [0, 0.05) is 18.2 Å². The molecule has 3 nitrogen and oxygen atoms in total. The lowest BCUT2D eigenvalue weighted by molar-refractivity contribution is -0.132. The maximum Gasteiger partial charge on any atom is 0.331 e. The van der Waals surface area contributed by atoms with Crippen molar-refractivity contribution in [3.63, 3.8) is 0 Å². The summed E-state index contributed by atoms with van der Waals surface area (Å²) in [5.74, 6) is -0.782. The highest BCUT2D eigenvalue weighted by Crippen LogP contribution is 2.24. The normalized spacial score (nSPS) is 23.9. The van der Waals surface area contributed by atoms with Crippen LogP contribution in [0, 0.1) is 5.41 Å². The maximum atomic E-state index is 10.7. The van der Waals surface area contributed by atoms with Crippen molar-refractivity contribution in [3.05, 3.63) is 11.6 Å². The Hall–Kier alpha value is -0.830. The van der Waals surface area contributed by atoms with Gasteiger partial charge in [-0.25, -0.2) is 4.79 Å². The van der Waals surface area contributed by atoms with E-state index >= 15 is 0 Å². The lowest BCUT2D eigenvalue weighted by Crippen LogP contribution is -2.42. The number of carboxylic acids is 1. The molecular formula is C10H17NO2. The van der Waals surface area contributed by atoms with Crippen LogP contribution in [0.25, 0.3) is 0 Å². The van der Waals surface area contributed by atoms with Gasteiger partial charge in [0.05, 0.1) is 0 Å². The van der Waals surface area contributed by atoms with Crippen LogP contribution in [-0.2, 0) is 4.79 Å². The molecule has 0 aromatic heterocycles. The Kier molecular flexibility index (Phi) is 2.76. The van der Waals surface area contributed by atoms with Crippen LogP contribution in [0.2, 0.25) is 0 Å². The van der Waals surface area contributed by atoms with Gasteiger partial charge in [0.25, 0.3) is 0 Å². The largest absolute Gasteiger partial charge is 0.478 e. The first-order chi connectivity index (χ1) is 5.91. The molecule has 0 aromatic rings. The monoisotopic (exact) mass is 183 g/mol. The highest BCUT2D eigenvalue weighted by Gasteiger charge is 2.26. The molecule has 0 spiro atoms. The molecule has 1 heterocycles. The predicted octanol–water partition coefficient (Wildman–Crippen LogP) is 1.41. The molecule has 0 amide bonds. The van der Waals surface area contributed by atoms with Crippen molar-refractivity contribution >= 4 is 5.97 Å². The topological polar surface area (TPSA) is 49.3 Å². The summed E-state index contributed by atoms with van der Waals surface area (Å²) >= 11 is 0. The Morgan fingerprint density at radius 2 is 2.23 bits per heavy atom. The summed E-state index contributed by atoms with van der Waals surface area (Å²) in [6.07, 6.45) is 2.47. The zero-order valence-electron chi connectivity index (χ0n) is 8.42. The number of hydrogen-bond donors (Lipinski definition) is 2. The number of nitrogens with one attached hydrogen (secondary N) is 1. The molecule has 74 valence electrons. The van der Waals surface area contributed by atoms with E-state index in [2.05, 4.69) is 26.1 Å². The second-order valence-corrected chi connectivity index (χ2v) is 4.54. The minimum atomic E-state index is -0.782. The van der Waals surface area contributed by atoms with E-state index in [0.29, 0.717) is 12.0 Å². The molecule has 0 aliphatic carbocycles. The van der Waals surface area contributed by atoms with Crippen molar-refractivity contribution in [2.45, 2.75) is 33.2 Å². The minimum absolute atomic E-state index is 0.0844. The molecule has 1 aliphatic heterocycles. The number of rotatable bonds is 1. The van der Waals surface area contributed by atoms with Crippen LogP contribution in [-0.4, -0.2) is 23.7 Å². The molecule has 0 saturated heterocycles. The number of hydrogen-bond acceptors (Lipinski definition) is 2. The van der Waals surface area contributed by atoms with Gasteiger partial charge in [-0.3, -0.25) is 0 Å². The summed E-state index contributed by atoms with van der Waals surface area (Å²) in [5, 5.41) is 12.1. The second-order valence-electron chi connectivity index (χ2n) is 4.54. The summed E-state index contributed by atoms with van der Waals surface area (Å²) in [5.41, 5.74) is 0.625. The number of carboxylic acid groups (broad SMARTS) is 1. The fraction of sp³-hybridized carbons (Fsp3) is 0.700. The Morgan fingerprint density at radius 3 is 2.69 bits per heavy atom. The summed E-state index contributed by atoms with van der Waals surface area (Å²) < 4.78 is 0. The summed E-state index contributed by atoms with van der Waals surface area (Å²) in [6, 6.07) is 0.173. The lowest BCUT2D eigenvalue weighted by Gasteiger charge is -2.32. The quantitative estimate of drug-likeness (QED) is 0.646. The molecule has 1 aliphatic rings. The van der Waals surface area contributed by atoms with Gasteiger partial charge in [-0.15, -0.1) is 0 Å². The van der Waals surface area contributed by atoms with E-state index < -0.39 is 5.97 Å². The van der Waals surface area contributed by atoms with E-state index in [-0.39, 0.29) is 11.5 Å². The van der Waals surface area contributed by atoms with Crippen molar-refractivity contribution < 1.29 is 9.90 Å². The molecule has 0 bridgehead atoms. The van der Waals surface area contributed by atoms with Crippen molar-refractivity contribution in [2.24, 2.45) is 5.41 Å². The highest BCUT2D eigenvalue weighted by atomic mass is 16.4. The fourth-order valence-electron chi connectivity index (χ4n) is 1.44. The summed E-state index contributed by atoms with van der Waals surface area (Å²) in [6.45, 7) is 7.07.